The normalized spacial score (nSPS) is 20.4. The first-order valence-electron chi connectivity index (χ1n) is 27.0. The van der Waals surface area contributed by atoms with Crippen LogP contribution >= 0.6 is 0 Å². The van der Waals surface area contributed by atoms with Gasteiger partial charge >= 0.3 is 0 Å². The molecule has 65 heavy (non-hydrogen) atoms. The van der Waals surface area contributed by atoms with Crippen LogP contribution in [0.2, 0.25) is 0 Å². The highest BCUT2D eigenvalue weighted by Crippen LogP contribution is 2.23. The quantitative estimate of drug-likeness (QED) is 0.0261. The highest BCUT2D eigenvalue weighted by atomic mass is 16.7. The topological polar surface area (TPSA) is 149 Å². The van der Waals surface area contributed by atoms with Crippen molar-refractivity contribution in [2.75, 3.05) is 13.2 Å². The standard InChI is InChI=1S/C56H101NO8/c1-3-5-7-9-11-13-15-17-18-19-20-21-22-23-24-25-26-27-28-29-30-31-32-34-36-38-40-42-44-46-52(60)57-49(48-64-56-55(63)54(62)53(61)51(47-58)65-56)50(59)45-43-41-39-37-35-33-16-14-12-10-8-6-4-2/h12,14-15,17,19-20,35,37,43,45,49-51,53-56,58-59,61-63H,3-11,13,16,18,21-34,36,38-42,44,46-48H2,1-2H3,(H,57,60)/b14-12+,17-15-,20-19-,37-35+,45-43+. The summed E-state index contributed by atoms with van der Waals surface area (Å²) in [6.45, 7) is 3.71. The van der Waals surface area contributed by atoms with Gasteiger partial charge in [-0.15, -0.1) is 0 Å². The molecule has 0 aromatic carbocycles. The van der Waals surface area contributed by atoms with E-state index in [0.29, 0.717) is 6.42 Å². The Labute approximate surface area is 398 Å². The molecule has 0 saturated carbocycles. The predicted molar refractivity (Wildman–Crippen MR) is 272 cm³/mol. The number of hydrogen-bond donors (Lipinski definition) is 6. The fraction of sp³-hybridized carbons (Fsp3) is 0.804. The summed E-state index contributed by atoms with van der Waals surface area (Å²) in [5.74, 6) is -0.192. The molecule has 0 radical (unpaired) electrons. The first-order chi connectivity index (χ1) is 31.8. The molecule has 1 rings (SSSR count). The van der Waals surface area contributed by atoms with Gasteiger partial charge in [0.2, 0.25) is 5.91 Å². The first kappa shape index (κ1) is 60.9. The molecule has 1 aliphatic heterocycles. The summed E-state index contributed by atoms with van der Waals surface area (Å²) in [6.07, 6.45) is 54.3. The number of carbonyl (C=O) groups is 1. The van der Waals surface area contributed by atoms with Crippen molar-refractivity contribution in [2.24, 2.45) is 0 Å². The van der Waals surface area contributed by atoms with E-state index in [-0.39, 0.29) is 12.5 Å². The zero-order valence-electron chi connectivity index (χ0n) is 41.7. The van der Waals surface area contributed by atoms with Crippen LogP contribution in [0.15, 0.2) is 60.8 Å². The molecule has 0 bridgehead atoms. The molecule has 1 aliphatic rings. The van der Waals surface area contributed by atoms with Crippen molar-refractivity contribution in [2.45, 2.75) is 275 Å². The van der Waals surface area contributed by atoms with E-state index in [1.54, 1.807) is 6.08 Å². The fourth-order valence-electron chi connectivity index (χ4n) is 8.22. The van der Waals surface area contributed by atoms with Crippen LogP contribution in [-0.2, 0) is 14.3 Å². The van der Waals surface area contributed by atoms with Gasteiger partial charge in [0.05, 0.1) is 25.4 Å². The van der Waals surface area contributed by atoms with E-state index in [1.165, 1.54) is 154 Å². The van der Waals surface area contributed by atoms with Crippen molar-refractivity contribution in [3.8, 4) is 0 Å². The lowest BCUT2D eigenvalue weighted by molar-refractivity contribution is -0.302. The van der Waals surface area contributed by atoms with Gasteiger partial charge in [-0.05, 0) is 77.0 Å². The third-order valence-electron chi connectivity index (χ3n) is 12.5. The lowest BCUT2D eigenvalue weighted by atomic mass is 9.99. The van der Waals surface area contributed by atoms with Crippen molar-refractivity contribution in [3.05, 3.63) is 60.8 Å². The minimum absolute atomic E-state index is 0.192. The van der Waals surface area contributed by atoms with Crippen LogP contribution in [0, 0.1) is 0 Å². The minimum Gasteiger partial charge on any atom is -0.394 e. The van der Waals surface area contributed by atoms with E-state index >= 15 is 0 Å². The van der Waals surface area contributed by atoms with E-state index in [0.717, 1.165) is 57.8 Å². The molecule has 0 aliphatic carbocycles. The van der Waals surface area contributed by atoms with Crippen molar-refractivity contribution in [1.82, 2.24) is 5.32 Å². The van der Waals surface area contributed by atoms with Crippen molar-refractivity contribution >= 4 is 5.91 Å². The summed E-state index contributed by atoms with van der Waals surface area (Å²) in [6, 6.07) is -0.828. The van der Waals surface area contributed by atoms with Gasteiger partial charge in [-0.25, -0.2) is 0 Å². The molecule has 7 unspecified atom stereocenters. The fourth-order valence-corrected chi connectivity index (χ4v) is 8.22. The number of allylic oxidation sites excluding steroid dienone is 9. The number of unbranched alkanes of at least 4 members (excludes halogenated alkanes) is 27. The summed E-state index contributed by atoms with van der Waals surface area (Å²) in [5, 5.41) is 54.3. The Morgan fingerprint density at radius 2 is 0.923 bits per heavy atom. The van der Waals surface area contributed by atoms with Crippen LogP contribution < -0.4 is 5.32 Å². The molecular weight excluding hydrogens is 815 g/mol. The second-order valence-corrected chi connectivity index (χ2v) is 18.6. The van der Waals surface area contributed by atoms with Crippen LogP contribution in [0.5, 0.6) is 0 Å². The summed E-state index contributed by atoms with van der Waals surface area (Å²) >= 11 is 0. The van der Waals surface area contributed by atoms with Crippen LogP contribution in [-0.4, -0.2) is 87.5 Å². The molecule has 1 amide bonds. The predicted octanol–water partition coefficient (Wildman–Crippen LogP) is 12.7. The first-order valence-corrected chi connectivity index (χ1v) is 27.0. The molecular formula is C56H101NO8. The molecule has 0 spiro atoms. The van der Waals surface area contributed by atoms with Crippen LogP contribution in [0.4, 0.5) is 0 Å². The molecule has 378 valence electrons. The summed E-state index contributed by atoms with van der Waals surface area (Å²) in [7, 11) is 0. The number of hydrogen-bond acceptors (Lipinski definition) is 8. The van der Waals surface area contributed by atoms with Crippen LogP contribution in [0.3, 0.4) is 0 Å². The van der Waals surface area contributed by atoms with Crippen LogP contribution in [0.25, 0.3) is 0 Å². The maximum atomic E-state index is 13.0. The van der Waals surface area contributed by atoms with Gasteiger partial charge in [-0.3, -0.25) is 4.79 Å². The number of carbonyl (C=O) groups excluding carboxylic acids is 1. The number of aliphatic hydroxyl groups excluding tert-OH is 5. The van der Waals surface area contributed by atoms with Gasteiger partial charge in [-0.1, -0.05) is 209 Å². The highest BCUT2D eigenvalue weighted by Gasteiger charge is 2.44. The number of amides is 1. The molecule has 0 aromatic heterocycles. The van der Waals surface area contributed by atoms with Crippen LogP contribution in [0.1, 0.15) is 232 Å². The van der Waals surface area contributed by atoms with Gasteiger partial charge in [0.25, 0.3) is 0 Å². The Kier molecular flexibility index (Phi) is 42.8. The van der Waals surface area contributed by atoms with Gasteiger partial charge in [-0.2, -0.15) is 0 Å². The van der Waals surface area contributed by atoms with E-state index < -0.39 is 49.5 Å². The van der Waals surface area contributed by atoms with E-state index in [9.17, 15) is 30.3 Å². The molecule has 1 fully saturated rings. The molecule has 7 atom stereocenters. The monoisotopic (exact) mass is 916 g/mol. The van der Waals surface area contributed by atoms with E-state index in [1.807, 2.05) is 6.08 Å². The van der Waals surface area contributed by atoms with E-state index in [4.69, 9.17) is 9.47 Å². The summed E-state index contributed by atoms with van der Waals surface area (Å²) in [5.41, 5.74) is 0. The van der Waals surface area contributed by atoms with Gasteiger partial charge in [0.1, 0.15) is 24.4 Å². The SMILES string of the molecule is CCCCC/C=C/CC/C=C/CC/C=C/C(O)C(COC1OC(CO)C(O)C(O)C1O)NC(=O)CCCCCCCCCCCCCCCCCCC/C=C\C/C=C\CCCCCCC. The number of aliphatic hydroxyl groups is 5. The lowest BCUT2D eigenvalue weighted by Gasteiger charge is -2.40. The maximum absolute atomic E-state index is 13.0. The third-order valence-corrected chi connectivity index (χ3v) is 12.5. The van der Waals surface area contributed by atoms with Gasteiger partial charge in [0, 0.05) is 6.42 Å². The Hall–Kier alpha value is -2.11. The molecule has 0 aromatic rings. The Balaban J connectivity index is 2.19. The smallest absolute Gasteiger partial charge is 0.220 e. The second-order valence-electron chi connectivity index (χ2n) is 18.6. The summed E-state index contributed by atoms with van der Waals surface area (Å²) < 4.78 is 11.2. The molecule has 1 heterocycles. The molecule has 1 saturated heterocycles. The van der Waals surface area contributed by atoms with Crippen molar-refractivity contribution in [3.63, 3.8) is 0 Å². The average Bonchev–Trinajstić information content (AvgIpc) is 3.31. The van der Waals surface area contributed by atoms with Crippen molar-refractivity contribution < 1.29 is 39.8 Å². The lowest BCUT2D eigenvalue weighted by Crippen LogP contribution is -2.60. The average molecular weight is 916 g/mol. The Bertz CT molecular complexity index is 1200. The summed E-state index contributed by atoms with van der Waals surface area (Å²) in [4.78, 5) is 13.0. The molecule has 6 N–H and O–H groups in total. The second kappa shape index (κ2) is 45.7. The number of nitrogens with one attached hydrogen (secondary N) is 1. The van der Waals surface area contributed by atoms with Gasteiger partial charge < -0.3 is 40.3 Å². The maximum Gasteiger partial charge on any atom is 0.220 e. The van der Waals surface area contributed by atoms with Crippen molar-refractivity contribution in [1.29, 1.82) is 0 Å². The van der Waals surface area contributed by atoms with Gasteiger partial charge in [0.15, 0.2) is 6.29 Å². The minimum atomic E-state index is -1.57. The zero-order valence-corrected chi connectivity index (χ0v) is 41.7. The Morgan fingerprint density at radius 1 is 0.523 bits per heavy atom. The third kappa shape index (κ3) is 35.7. The molecule has 9 nitrogen and oxygen atoms in total. The Morgan fingerprint density at radius 3 is 1.42 bits per heavy atom. The number of ether oxygens (including phenoxy) is 2. The number of rotatable bonds is 45. The zero-order chi connectivity index (χ0) is 47.3. The highest BCUT2D eigenvalue weighted by molar-refractivity contribution is 5.76. The largest absolute Gasteiger partial charge is 0.394 e. The molecule has 9 heteroatoms. The van der Waals surface area contributed by atoms with E-state index in [2.05, 4.69) is 67.8 Å².